The smallest absolute Gasteiger partial charge is 0.0366 e. The van der Waals surface area contributed by atoms with E-state index in [1.165, 1.54) is 63.7 Å². The third-order valence-electron chi connectivity index (χ3n) is 3.40. The zero-order valence-electron chi connectivity index (χ0n) is 12.2. The molecule has 1 heteroatoms. The molecule has 0 aliphatic heterocycles. The summed E-state index contributed by atoms with van der Waals surface area (Å²) in [5, 5.41) is 0. The zero-order chi connectivity index (χ0) is 13.1. The summed E-state index contributed by atoms with van der Waals surface area (Å²) >= 11 is 0. The summed E-state index contributed by atoms with van der Waals surface area (Å²) in [6, 6.07) is 10.8. The van der Waals surface area contributed by atoms with Crippen molar-refractivity contribution in [2.45, 2.75) is 58.8 Å². The highest BCUT2D eigenvalue weighted by molar-refractivity contribution is 5.45. The molecule has 0 saturated heterocycles. The van der Waals surface area contributed by atoms with Gasteiger partial charge >= 0.3 is 0 Å². The molecular weight excluding hydrogens is 218 g/mol. The van der Waals surface area contributed by atoms with Crippen LogP contribution >= 0.6 is 0 Å². The van der Waals surface area contributed by atoms with Gasteiger partial charge in [-0.3, -0.25) is 0 Å². The average molecular weight is 247 g/mol. The zero-order valence-corrected chi connectivity index (χ0v) is 12.2. The van der Waals surface area contributed by atoms with Crippen LogP contribution in [0, 0.1) is 0 Å². The lowest BCUT2D eigenvalue weighted by Gasteiger charge is -2.24. The van der Waals surface area contributed by atoms with E-state index in [9.17, 15) is 0 Å². The number of para-hydroxylation sites is 1. The maximum atomic E-state index is 2.53. The Morgan fingerprint density at radius 2 is 1.39 bits per heavy atom. The lowest BCUT2D eigenvalue weighted by atomic mass is 10.1. The van der Waals surface area contributed by atoms with Gasteiger partial charge in [-0.25, -0.2) is 0 Å². The van der Waals surface area contributed by atoms with Gasteiger partial charge in [0.1, 0.15) is 0 Å². The third kappa shape index (κ3) is 6.09. The second-order valence-electron chi connectivity index (χ2n) is 5.09. The van der Waals surface area contributed by atoms with Crippen LogP contribution in [0.3, 0.4) is 0 Å². The van der Waals surface area contributed by atoms with Crippen LogP contribution in [0.15, 0.2) is 30.3 Å². The standard InChI is InChI=1S/C17H29N/c1-3-5-6-7-8-12-16-18(15-4-2)17-13-10-9-11-14-17/h9-11,13-14H,3-8,12,15-16H2,1-2H3. The summed E-state index contributed by atoms with van der Waals surface area (Å²) in [6.45, 7) is 6.93. The van der Waals surface area contributed by atoms with Crippen LogP contribution in [0.1, 0.15) is 58.8 Å². The molecule has 0 atom stereocenters. The van der Waals surface area contributed by atoms with Crippen LogP contribution in [-0.2, 0) is 0 Å². The quantitative estimate of drug-likeness (QED) is 0.509. The van der Waals surface area contributed by atoms with Crippen LogP contribution in [0.25, 0.3) is 0 Å². The SMILES string of the molecule is CCCCCCCCN(CCC)c1ccccc1. The van der Waals surface area contributed by atoms with Crippen LogP contribution < -0.4 is 4.90 Å². The molecule has 1 aromatic rings. The normalized spacial score (nSPS) is 10.6. The molecule has 1 nitrogen and oxygen atoms in total. The first-order valence-corrected chi connectivity index (χ1v) is 7.68. The lowest BCUT2D eigenvalue weighted by Crippen LogP contribution is -2.25. The molecule has 0 spiro atoms. The third-order valence-corrected chi connectivity index (χ3v) is 3.40. The first-order valence-electron chi connectivity index (χ1n) is 7.68. The van der Waals surface area contributed by atoms with Gasteiger partial charge in [0, 0.05) is 18.8 Å². The van der Waals surface area contributed by atoms with Crippen LogP contribution in [0.5, 0.6) is 0 Å². The van der Waals surface area contributed by atoms with Gasteiger partial charge in [0.2, 0.25) is 0 Å². The van der Waals surface area contributed by atoms with Crippen molar-refractivity contribution in [2.75, 3.05) is 18.0 Å². The fourth-order valence-corrected chi connectivity index (χ4v) is 2.36. The number of hydrogen-bond acceptors (Lipinski definition) is 1. The second kappa shape index (κ2) is 9.99. The molecule has 0 N–H and O–H groups in total. The molecular formula is C17H29N. The van der Waals surface area contributed by atoms with Crippen molar-refractivity contribution in [1.82, 2.24) is 0 Å². The van der Waals surface area contributed by atoms with Crippen LogP contribution in [0.4, 0.5) is 5.69 Å². The highest BCUT2D eigenvalue weighted by Gasteiger charge is 2.03. The first kappa shape index (κ1) is 15.1. The van der Waals surface area contributed by atoms with Crippen molar-refractivity contribution in [3.63, 3.8) is 0 Å². The molecule has 0 unspecified atom stereocenters. The maximum absolute atomic E-state index is 2.53. The average Bonchev–Trinajstić information content (AvgIpc) is 2.42. The highest BCUT2D eigenvalue weighted by Crippen LogP contribution is 2.15. The molecule has 102 valence electrons. The Labute approximate surface area is 113 Å². The van der Waals surface area contributed by atoms with E-state index >= 15 is 0 Å². The molecule has 0 heterocycles. The molecule has 0 aromatic heterocycles. The topological polar surface area (TPSA) is 3.24 Å². The van der Waals surface area contributed by atoms with Gasteiger partial charge in [-0.15, -0.1) is 0 Å². The van der Waals surface area contributed by atoms with E-state index < -0.39 is 0 Å². The summed E-state index contributed by atoms with van der Waals surface area (Å²) in [5.74, 6) is 0. The Hall–Kier alpha value is -0.980. The van der Waals surface area contributed by atoms with Crippen molar-refractivity contribution >= 4 is 5.69 Å². The number of anilines is 1. The van der Waals surface area contributed by atoms with Crippen molar-refractivity contribution in [3.8, 4) is 0 Å². The Balaban J connectivity index is 2.26. The molecule has 1 rings (SSSR count). The summed E-state index contributed by atoms with van der Waals surface area (Å²) in [4.78, 5) is 2.53. The van der Waals surface area contributed by atoms with Gasteiger partial charge in [-0.05, 0) is 25.0 Å². The Morgan fingerprint density at radius 3 is 2.06 bits per heavy atom. The molecule has 0 aliphatic rings. The summed E-state index contributed by atoms with van der Waals surface area (Å²) in [7, 11) is 0. The Kier molecular flexibility index (Phi) is 8.37. The molecule has 1 aromatic carbocycles. The minimum atomic E-state index is 1.18. The first-order chi connectivity index (χ1) is 8.88. The van der Waals surface area contributed by atoms with Gasteiger partial charge in [-0.1, -0.05) is 64.2 Å². The van der Waals surface area contributed by atoms with Gasteiger partial charge in [0.25, 0.3) is 0 Å². The predicted molar refractivity (Wildman–Crippen MR) is 82.3 cm³/mol. The molecule has 0 amide bonds. The largest absolute Gasteiger partial charge is 0.372 e. The summed E-state index contributed by atoms with van der Waals surface area (Å²) in [6.07, 6.45) is 9.50. The molecule has 0 bridgehead atoms. The summed E-state index contributed by atoms with van der Waals surface area (Å²) < 4.78 is 0. The number of rotatable bonds is 10. The Bertz CT molecular complexity index is 281. The van der Waals surface area contributed by atoms with Crippen molar-refractivity contribution in [1.29, 1.82) is 0 Å². The minimum absolute atomic E-state index is 1.18. The van der Waals surface area contributed by atoms with E-state index in [2.05, 4.69) is 49.1 Å². The maximum Gasteiger partial charge on any atom is 0.0366 e. The molecule has 0 aliphatic carbocycles. The molecule has 0 radical (unpaired) electrons. The van der Waals surface area contributed by atoms with E-state index in [0.717, 1.165) is 0 Å². The highest BCUT2D eigenvalue weighted by atomic mass is 15.1. The van der Waals surface area contributed by atoms with Gasteiger partial charge in [-0.2, -0.15) is 0 Å². The minimum Gasteiger partial charge on any atom is -0.372 e. The van der Waals surface area contributed by atoms with Gasteiger partial charge in [0.05, 0.1) is 0 Å². The molecule has 18 heavy (non-hydrogen) atoms. The van der Waals surface area contributed by atoms with Crippen molar-refractivity contribution in [2.24, 2.45) is 0 Å². The molecule has 0 saturated carbocycles. The van der Waals surface area contributed by atoms with Crippen LogP contribution in [0.2, 0.25) is 0 Å². The predicted octanol–water partition coefficient (Wildman–Crippen LogP) is 5.26. The second-order valence-corrected chi connectivity index (χ2v) is 5.09. The fourth-order valence-electron chi connectivity index (χ4n) is 2.36. The van der Waals surface area contributed by atoms with E-state index in [0.29, 0.717) is 0 Å². The van der Waals surface area contributed by atoms with E-state index in [1.807, 2.05) is 0 Å². The number of unbranched alkanes of at least 4 members (excludes halogenated alkanes) is 5. The van der Waals surface area contributed by atoms with Crippen molar-refractivity contribution in [3.05, 3.63) is 30.3 Å². The lowest BCUT2D eigenvalue weighted by molar-refractivity contribution is 0.597. The summed E-state index contributed by atoms with van der Waals surface area (Å²) in [5.41, 5.74) is 1.38. The van der Waals surface area contributed by atoms with E-state index in [4.69, 9.17) is 0 Å². The number of hydrogen-bond donors (Lipinski definition) is 0. The molecule has 0 fully saturated rings. The number of benzene rings is 1. The van der Waals surface area contributed by atoms with Gasteiger partial charge < -0.3 is 4.90 Å². The van der Waals surface area contributed by atoms with E-state index in [-0.39, 0.29) is 0 Å². The Morgan fingerprint density at radius 1 is 0.722 bits per heavy atom. The monoisotopic (exact) mass is 247 g/mol. The van der Waals surface area contributed by atoms with E-state index in [1.54, 1.807) is 0 Å². The van der Waals surface area contributed by atoms with Crippen molar-refractivity contribution < 1.29 is 0 Å². The van der Waals surface area contributed by atoms with Gasteiger partial charge in [0.15, 0.2) is 0 Å². The van der Waals surface area contributed by atoms with Crippen LogP contribution in [-0.4, -0.2) is 13.1 Å². The fraction of sp³-hybridized carbons (Fsp3) is 0.647. The number of nitrogens with zero attached hydrogens (tertiary/aromatic N) is 1.